The summed E-state index contributed by atoms with van der Waals surface area (Å²) >= 11 is 1.95. The molecule has 0 aliphatic heterocycles. The zero-order chi connectivity index (χ0) is 14.3. The van der Waals surface area contributed by atoms with Crippen molar-refractivity contribution in [1.29, 1.82) is 0 Å². The largest absolute Gasteiger partial charge is 0.311 e. The summed E-state index contributed by atoms with van der Waals surface area (Å²) in [5.41, 5.74) is 3.04. The lowest BCUT2D eigenvalue weighted by molar-refractivity contribution is 0.398. The Morgan fingerprint density at radius 1 is 1.26 bits per heavy atom. The van der Waals surface area contributed by atoms with E-state index in [1.54, 1.807) is 0 Å². The summed E-state index contributed by atoms with van der Waals surface area (Å²) in [5, 5.41) is 3.66. The third kappa shape index (κ3) is 7.03. The van der Waals surface area contributed by atoms with Gasteiger partial charge in [0.15, 0.2) is 0 Å². The van der Waals surface area contributed by atoms with Crippen LogP contribution in [0, 0.1) is 6.92 Å². The van der Waals surface area contributed by atoms with Crippen molar-refractivity contribution in [3.05, 3.63) is 35.4 Å². The number of nitrogens with one attached hydrogen (secondary N) is 1. The van der Waals surface area contributed by atoms with E-state index >= 15 is 0 Å². The molecular weight excluding hydrogens is 250 g/mol. The van der Waals surface area contributed by atoms with Gasteiger partial charge in [0.05, 0.1) is 0 Å². The fourth-order valence-corrected chi connectivity index (χ4v) is 2.67. The van der Waals surface area contributed by atoms with E-state index in [0.29, 0.717) is 5.92 Å². The molecule has 0 aliphatic carbocycles. The lowest BCUT2D eigenvalue weighted by atomic mass is 9.92. The highest BCUT2D eigenvalue weighted by atomic mass is 32.2. The summed E-state index contributed by atoms with van der Waals surface area (Å²) in [4.78, 5) is 0. The predicted molar refractivity (Wildman–Crippen MR) is 89.3 cm³/mol. The Bertz CT molecular complexity index is 368. The molecule has 0 aliphatic rings. The SMILES string of the molecule is CSCCCC(CNC(C)(C)C)c1cccc(C)c1. The van der Waals surface area contributed by atoms with Crippen LogP contribution in [0.3, 0.4) is 0 Å². The topological polar surface area (TPSA) is 12.0 Å². The molecule has 0 saturated carbocycles. The van der Waals surface area contributed by atoms with Gasteiger partial charge >= 0.3 is 0 Å². The van der Waals surface area contributed by atoms with Gasteiger partial charge in [0.1, 0.15) is 0 Å². The monoisotopic (exact) mass is 279 g/mol. The van der Waals surface area contributed by atoms with E-state index in [2.05, 4.69) is 63.5 Å². The molecule has 2 heteroatoms. The summed E-state index contributed by atoms with van der Waals surface area (Å²) in [5.74, 6) is 1.89. The Balaban J connectivity index is 2.68. The van der Waals surface area contributed by atoms with Gasteiger partial charge in [-0.15, -0.1) is 0 Å². The van der Waals surface area contributed by atoms with Crippen LogP contribution in [0.25, 0.3) is 0 Å². The molecule has 1 N–H and O–H groups in total. The Morgan fingerprint density at radius 3 is 2.58 bits per heavy atom. The lowest BCUT2D eigenvalue weighted by Gasteiger charge is -2.26. The first-order chi connectivity index (χ1) is 8.92. The summed E-state index contributed by atoms with van der Waals surface area (Å²) in [6, 6.07) is 8.98. The minimum absolute atomic E-state index is 0.196. The van der Waals surface area contributed by atoms with Crippen LogP contribution in [0.4, 0.5) is 0 Å². The second kappa shape index (κ2) is 7.96. The van der Waals surface area contributed by atoms with E-state index < -0.39 is 0 Å². The molecule has 0 spiro atoms. The second-order valence-electron chi connectivity index (χ2n) is 6.38. The first-order valence-corrected chi connectivity index (χ1v) is 8.62. The van der Waals surface area contributed by atoms with Crippen LogP contribution in [0.5, 0.6) is 0 Å². The number of hydrogen-bond acceptors (Lipinski definition) is 2. The molecule has 0 heterocycles. The van der Waals surface area contributed by atoms with Crippen molar-refractivity contribution in [3.8, 4) is 0 Å². The van der Waals surface area contributed by atoms with Crippen molar-refractivity contribution >= 4 is 11.8 Å². The standard InChI is InChI=1S/C17H29NS/c1-14-8-6-9-15(12-14)16(10-7-11-19-5)13-18-17(2,3)4/h6,8-9,12,16,18H,7,10-11,13H2,1-5H3. The van der Waals surface area contributed by atoms with Crippen LogP contribution in [-0.2, 0) is 0 Å². The van der Waals surface area contributed by atoms with Crippen LogP contribution in [-0.4, -0.2) is 24.1 Å². The Morgan fingerprint density at radius 2 is 2.00 bits per heavy atom. The van der Waals surface area contributed by atoms with Crippen molar-refractivity contribution in [2.45, 2.75) is 52.0 Å². The van der Waals surface area contributed by atoms with Gasteiger partial charge in [0.2, 0.25) is 0 Å². The molecule has 108 valence electrons. The van der Waals surface area contributed by atoms with Crippen molar-refractivity contribution in [2.75, 3.05) is 18.6 Å². The van der Waals surface area contributed by atoms with Crippen LogP contribution < -0.4 is 5.32 Å². The van der Waals surface area contributed by atoms with Gasteiger partial charge in [-0.3, -0.25) is 0 Å². The maximum atomic E-state index is 3.66. The minimum atomic E-state index is 0.196. The highest BCUT2D eigenvalue weighted by Gasteiger charge is 2.15. The summed E-state index contributed by atoms with van der Waals surface area (Å²) in [7, 11) is 0. The van der Waals surface area contributed by atoms with E-state index in [9.17, 15) is 0 Å². The van der Waals surface area contributed by atoms with Crippen molar-refractivity contribution < 1.29 is 0 Å². The maximum Gasteiger partial charge on any atom is 0.00967 e. The molecule has 0 amide bonds. The van der Waals surface area contributed by atoms with Gasteiger partial charge in [0.25, 0.3) is 0 Å². The number of hydrogen-bond donors (Lipinski definition) is 1. The van der Waals surface area contributed by atoms with Crippen molar-refractivity contribution in [2.24, 2.45) is 0 Å². The quantitative estimate of drug-likeness (QED) is 0.732. The molecule has 0 radical (unpaired) electrons. The molecule has 0 aromatic heterocycles. The fourth-order valence-electron chi connectivity index (χ4n) is 2.21. The lowest BCUT2D eigenvalue weighted by Crippen LogP contribution is -2.38. The van der Waals surface area contributed by atoms with Gasteiger partial charge < -0.3 is 5.32 Å². The van der Waals surface area contributed by atoms with Gasteiger partial charge in [-0.2, -0.15) is 11.8 Å². The first-order valence-electron chi connectivity index (χ1n) is 7.23. The van der Waals surface area contributed by atoms with Gasteiger partial charge in [-0.05, 0) is 64.0 Å². The van der Waals surface area contributed by atoms with E-state index in [-0.39, 0.29) is 5.54 Å². The predicted octanol–water partition coefficient (Wildman–Crippen LogP) is 4.61. The highest BCUT2D eigenvalue weighted by Crippen LogP contribution is 2.23. The average molecular weight is 279 g/mol. The zero-order valence-electron chi connectivity index (χ0n) is 13.1. The van der Waals surface area contributed by atoms with E-state index in [1.807, 2.05) is 11.8 Å². The third-order valence-corrected chi connectivity index (χ3v) is 3.99. The minimum Gasteiger partial charge on any atom is -0.311 e. The molecule has 19 heavy (non-hydrogen) atoms. The number of thioether (sulfide) groups is 1. The molecule has 1 unspecified atom stereocenters. The smallest absolute Gasteiger partial charge is 0.00967 e. The molecule has 1 nitrogen and oxygen atoms in total. The van der Waals surface area contributed by atoms with Crippen molar-refractivity contribution in [1.82, 2.24) is 5.32 Å². The zero-order valence-corrected chi connectivity index (χ0v) is 13.9. The van der Waals surface area contributed by atoms with E-state index in [4.69, 9.17) is 0 Å². The van der Waals surface area contributed by atoms with Gasteiger partial charge in [-0.1, -0.05) is 29.8 Å². The second-order valence-corrected chi connectivity index (χ2v) is 7.36. The summed E-state index contributed by atoms with van der Waals surface area (Å²) in [6.45, 7) is 9.97. The third-order valence-electron chi connectivity index (χ3n) is 3.29. The summed E-state index contributed by atoms with van der Waals surface area (Å²) in [6.07, 6.45) is 4.76. The summed E-state index contributed by atoms with van der Waals surface area (Å²) < 4.78 is 0. The average Bonchev–Trinajstić information content (AvgIpc) is 2.32. The molecule has 0 saturated heterocycles. The van der Waals surface area contributed by atoms with Gasteiger partial charge in [-0.25, -0.2) is 0 Å². The van der Waals surface area contributed by atoms with E-state index in [0.717, 1.165) is 6.54 Å². The molecule has 1 rings (SSSR count). The Hall–Kier alpha value is -0.470. The molecule has 1 aromatic rings. The number of benzene rings is 1. The molecule has 0 bridgehead atoms. The Labute approximate surface area is 123 Å². The van der Waals surface area contributed by atoms with Gasteiger partial charge in [0, 0.05) is 12.1 Å². The molecule has 0 fully saturated rings. The van der Waals surface area contributed by atoms with Crippen molar-refractivity contribution in [3.63, 3.8) is 0 Å². The Kier molecular flexibility index (Phi) is 6.95. The fraction of sp³-hybridized carbons (Fsp3) is 0.647. The highest BCUT2D eigenvalue weighted by molar-refractivity contribution is 7.98. The molecular formula is C17H29NS. The maximum absolute atomic E-state index is 3.66. The molecule has 1 aromatic carbocycles. The first kappa shape index (κ1) is 16.6. The van der Waals surface area contributed by atoms with Crippen LogP contribution in [0.2, 0.25) is 0 Å². The van der Waals surface area contributed by atoms with Crippen LogP contribution in [0.15, 0.2) is 24.3 Å². The van der Waals surface area contributed by atoms with Crippen LogP contribution in [0.1, 0.15) is 50.7 Å². The van der Waals surface area contributed by atoms with Crippen LogP contribution >= 0.6 is 11.8 Å². The number of rotatable bonds is 7. The molecule has 1 atom stereocenters. The normalized spacial score (nSPS) is 13.5. The van der Waals surface area contributed by atoms with E-state index in [1.165, 1.54) is 29.7 Å². The number of aryl methyl sites for hydroxylation is 1.